The number of nitrogens with zero attached hydrogens (tertiary/aromatic N) is 1. The van der Waals surface area contributed by atoms with E-state index in [1.807, 2.05) is 6.92 Å². The predicted octanol–water partition coefficient (Wildman–Crippen LogP) is 2.52. The zero-order chi connectivity index (χ0) is 14.4. The van der Waals surface area contributed by atoms with Crippen molar-refractivity contribution < 1.29 is 14.0 Å². The van der Waals surface area contributed by atoms with Gasteiger partial charge in [-0.1, -0.05) is 17.7 Å². The molecule has 4 nitrogen and oxygen atoms in total. The van der Waals surface area contributed by atoms with Gasteiger partial charge in [0.25, 0.3) is 11.8 Å². The number of imide groups is 1. The SMILES string of the molecule is Cc1ccc2c(c1)C(=O)N(c1c(N)cccc1F)C2=O. The molecular formula is C15H11FN2O2. The van der Waals surface area contributed by atoms with Gasteiger partial charge in [-0.05, 0) is 31.2 Å². The fourth-order valence-electron chi connectivity index (χ4n) is 2.33. The van der Waals surface area contributed by atoms with Crippen LogP contribution in [0.2, 0.25) is 0 Å². The number of fused-ring (bicyclic) bond motifs is 1. The first-order chi connectivity index (χ1) is 9.50. The molecule has 1 aliphatic heterocycles. The van der Waals surface area contributed by atoms with Gasteiger partial charge in [-0.3, -0.25) is 9.59 Å². The summed E-state index contributed by atoms with van der Waals surface area (Å²) < 4.78 is 13.9. The number of nitrogens with two attached hydrogens (primary N) is 1. The van der Waals surface area contributed by atoms with Crippen LogP contribution in [0.4, 0.5) is 15.8 Å². The molecule has 0 saturated heterocycles. The molecule has 20 heavy (non-hydrogen) atoms. The third kappa shape index (κ3) is 1.60. The highest BCUT2D eigenvalue weighted by Crippen LogP contribution is 2.34. The van der Waals surface area contributed by atoms with Gasteiger partial charge in [-0.2, -0.15) is 0 Å². The smallest absolute Gasteiger partial charge is 0.266 e. The first kappa shape index (κ1) is 12.3. The molecule has 0 unspecified atom stereocenters. The van der Waals surface area contributed by atoms with Crippen LogP contribution >= 0.6 is 0 Å². The van der Waals surface area contributed by atoms with Crippen LogP contribution in [-0.4, -0.2) is 11.8 Å². The normalized spacial score (nSPS) is 13.8. The van der Waals surface area contributed by atoms with E-state index in [0.29, 0.717) is 0 Å². The summed E-state index contributed by atoms with van der Waals surface area (Å²) in [6.07, 6.45) is 0. The van der Waals surface area contributed by atoms with E-state index in [4.69, 9.17) is 5.73 Å². The quantitative estimate of drug-likeness (QED) is 0.639. The lowest BCUT2D eigenvalue weighted by Crippen LogP contribution is -2.31. The van der Waals surface area contributed by atoms with Gasteiger partial charge in [-0.15, -0.1) is 0 Å². The van der Waals surface area contributed by atoms with E-state index in [0.717, 1.165) is 10.5 Å². The largest absolute Gasteiger partial charge is 0.397 e. The molecular weight excluding hydrogens is 259 g/mol. The zero-order valence-corrected chi connectivity index (χ0v) is 10.7. The minimum Gasteiger partial charge on any atom is -0.397 e. The number of benzene rings is 2. The number of amides is 2. The zero-order valence-electron chi connectivity index (χ0n) is 10.7. The Bertz CT molecular complexity index is 735. The van der Waals surface area contributed by atoms with E-state index in [-0.39, 0.29) is 22.5 Å². The Labute approximate surface area is 114 Å². The van der Waals surface area contributed by atoms with Crippen LogP contribution < -0.4 is 10.6 Å². The molecule has 5 heteroatoms. The lowest BCUT2D eigenvalue weighted by atomic mass is 10.1. The molecule has 3 rings (SSSR count). The van der Waals surface area contributed by atoms with Crippen LogP contribution in [0.3, 0.4) is 0 Å². The summed E-state index contributed by atoms with van der Waals surface area (Å²) in [5.41, 5.74) is 6.97. The molecule has 0 spiro atoms. The summed E-state index contributed by atoms with van der Waals surface area (Å²) >= 11 is 0. The monoisotopic (exact) mass is 270 g/mol. The first-order valence-corrected chi connectivity index (χ1v) is 6.04. The van der Waals surface area contributed by atoms with E-state index in [2.05, 4.69) is 0 Å². The maximum absolute atomic E-state index is 13.9. The molecule has 0 fully saturated rings. The second-order valence-corrected chi connectivity index (χ2v) is 4.67. The minimum atomic E-state index is -0.698. The molecule has 1 aliphatic rings. The van der Waals surface area contributed by atoms with Crippen molar-refractivity contribution >= 4 is 23.2 Å². The van der Waals surface area contributed by atoms with Crippen LogP contribution in [0.15, 0.2) is 36.4 Å². The molecule has 0 atom stereocenters. The van der Waals surface area contributed by atoms with Crippen LogP contribution in [0.5, 0.6) is 0 Å². The van der Waals surface area contributed by atoms with Gasteiger partial charge in [0.05, 0.1) is 16.8 Å². The average molecular weight is 270 g/mol. The summed E-state index contributed by atoms with van der Waals surface area (Å²) in [4.78, 5) is 25.5. The average Bonchev–Trinajstić information content (AvgIpc) is 2.63. The lowest BCUT2D eigenvalue weighted by Gasteiger charge is -2.16. The maximum atomic E-state index is 13.9. The molecule has 2 amide bonds. The van der Waals surface area contributed by atoms with E-state index in [9.17, 15) is 14.0 Å². The number of nitrogen functional groups attached to an aromatic ring is 1. The molecule has 0 radical (unpaired) electrons. The topological polar surface area (TPSA) is 63.4 Å². The first-order valence-electron chi connectivity index (χ1n) is 6.04. The van der Waals surface area contributed by atoms with Crippen LogP contribution in [0, 0.1) is 12.7 Å². The fraction of sp³-hybridized carbons (Fsp3) is 0.0667. The van der Waals surface area contributed by atoms with Crippen LogP contribution in [0.1, 0.15) is 26.3 Å². The summed E-state index contributed by atoms with van der Waals surface area (Å²) in [5, 5.41) is 0. The Kier molecular flexibility index (Phi) is 2.57. The van der Waals surface area contributed by atoms with Crippen molar-refractivity contribution in [1.82, 2.24) is 0 Å². The Morgan fingerprint density at radius 3 is 2.45 bits per heavy atom. The highest BCUT2D eigenvalue weighted by molar-refractivity contribution is 6.35. The van der Waals surface area contributed by atoms with Gasteiger partial charge in [0.15, 0.2) is 0 Å². The Hall–Kier alpha value is -2.69. The van der Waals surface area contributed by atoms with E-state index >= 15 is 0 Å². The molecule has 0 bridgehead atoms. The molecule has 0 aromatic heterocycles. The van der Waals surface area contributed by atoms with Crippen LogP contribution in [0.25, 0.3) is 0 Å². The number of carbonyl (C=O) groups is 2. The summed E-state index contributed by atoms with van der Waals surface area (Å²) in [5.74, 6) is -1.80. The number of carbonyl (C=O) groups excluding carboxylic acids is 2. The molecule has 1 heterocycles. The Morgan fingerprint density at radius 1 is 1.05 bits per heavy atom. The van der Waals surface area contributed by atoms with Crippen molar-refractivity contribution in [2.24, 2.45) is 0 Å². The number of rotatable bonds is 1. The molecule has 0 aliphatic carbocycles. The van der Waals surface area contributed by atoms with Crippen molar-refractivity contribution in [1.29, 1.82) is 0 Å². The highest BCUT2D eigenvalue weighted by Gasteiger charge is 2.38. The van der Waals surface area contributed by atoms with E-state index in [1.165, 1.54) is 18.2 Å². The Morgan fingerprint density at radius 2 is 1.75 bits per heavy atom. The van der Waals surface area contributed by atoms with Gasteiger partial charge in [0.2, 0.25) is 0 Å². The van der Waals surface area contributed by atoms with Crippen molar-refractivity contribution in [3.8, 4) is 0 Å². The molecule has 2 N–H and O–H groups in total. The molecule has 2 aromatic rings. The number of anilines is 2. The van der Waals surface area contributed by atoms with Gasteiger partial charge in [-0.25, -0.2) is 9.29 Å². The molecule has 0 saturated carbocycles. The van der Waals surface area contributed by atoms with E-state index < -0.39 is 17.6 Å². The molecule has 100 valence electrons. The molecule has 2 aromatic carbocycles. The number of halogens is 1. The van der Waals surface area contributed by atoms with Gasteiger partial charge in [0.1, 0.15) is 11.5 Å². The van der Waals surface area contributed by atoms with Gasteiger partial charge in [0, 0.05) is 0 Å². The predicted molar refractivity (Wildman–Crippen MR) is 73.1 cm³/mol. The van der Waals surface area contributed by atoms with Crippen LogP contribution in [-0.2, 0) is 0 Å². The lowest BCUT2D eigenvalue weighted by molar-refractivity contribution is 0.0925. The minimum absolute atomic E-state index is 0.0521. The van der Waals surface area contributed by atoms with Gasteiger partial charge >= 0.3 is 0 Å². The van der Waals surface area contributed by atoms with Gasteiger partial charge < -0.3 is 5.73 Å². The summed E-state index contributed by atoms with van der Waals surface area (Å²) in [6.45, 7) is 1.82. The third-order valence-corrected chi connectivity index (χ3v) is 3.28. The van der Waals surface area contributed by atoms with E-state index in [1.54, 1.807) is 18.2 Å². The fourth-order valence-corrected chi connectivity index (χ4v) is 2.33. The summed E-state index contributed by atoms with van der Waals surface area (Å²) in [6, 6.07) is 8.97. The number of hydrogen-bond donors (Lipinski definition) is 1. The van der Waals surface area contributed by atoms with Crippen molar-refractivity contribution in [3.63, 3.8) is 0 Å². The maximum Gasteiger partial charge on any atom is 0.266 e. The number of aryl methyl sites for hydroxylation is 1. The second kappa shape index (κ2) is 4.16. The number of hydrogen-bond acceptors (Lipinski definition) is 3. The van der Waals surface area contributed by atoms with Crippen molar-refractivity contribution in [3.05, 3.63) is 58.9 Å². The third-order valence-electron chi connectivity index (χ3n) is 3.28. The standard InChI is InChI=1S/C15H11FN2O2/c1-8-5-6-9-10(7-8)15(20)18(14(9)19)13-11(16)3-2-4-12(13)17/h2-7H,17H2,1H3. The van der Waals surface area contributed by atoms with Crippen molar-refractivity contribution in [2.45, 2.75) is 6.92 Å². The Balaban J connectivity index is 2.20. The second-order valence-electron chi connectivity index (χ2n) is 4.67. The highest BCUT2D eigenvalue weighted by atomic mass is 19.1. The van der Waals surface area contributed by atoms with Crippen molar-refractivity contribution in [2.75, 3.05) is 10.6 Å². The number of para-hydroxylation sites is 1. The summed E-state index contributed by atoms with van der Waals surface area (Å²) in [7, 11) is 0.